The first kappa shape index (κ1) is 18.8. The van der Waals surface area contributed by atoms with Crippen molar-refractivity contribution in [1.29, 1.82) is 0 Å². The molecule has 1 atom stereocenters. The largest absolute Gasteiger partial charge is 0.369 e. The Labute approximate surface area is 166 Å². The highest BCUT2D eigenvalue weighted by Gasteiger charge is 2.34. The summed E-state index contributed by atoms with van der Waals surface area (Å²) in [6.07, 6.45) is 6.34. The van der Waals surface area contributed by atoms with E-state index in [0.717, 1.165) is 39.0 Å². The predicted octanol–water partition coefficient (Wildman–Crippen LogP) is 2.70. The molecule has 1 amide bonds. The highest BCUT2D eigenvalue weighted by atomic mass is 32.2. The number of para-hydroxylation sites is 1. The lowest BCUT2D eigenvalue weighted by atomic mass is 9.80. The molecule has 4 rings (SSSR count). The smallest absolute Gasteiger partial charge is 0.244 e. The van der Waals surface area contributed by atoms with Gasteiger partial charge in [-0.15, -0.1) is 11.8 Å². The van der Waals surface area contributed by atoms with E-state index in [1.165, 1.54) is 18.5 Å². The van der Waals surface area contributed by atoms with Gasteiger partial charge in [0.15, 0.2) is 0 Å². The molecular weight excluding hydrogens is 356 g/mol. The third-order valence-corrected chi connectivity index (χ3v) is 7.06. The van der Waals surface area contributed by atoms with E-state index in [0.29, 0.717) is 17.8 Å². The van der Waals surface area contributed by atoms with Crippen LogP contribution in [-0.2, 0) is 4.79 Å². The van der Waals surface area contributed by atoms with Gasteiger partial charge in [0.2, 0.25) is 5.91 Å². The summed E-state index contributed by atoms with van der Waals surface area (Å²) in [6.45, 7) is 4.46. The molecule has 2 heterocycles. The van der Waals surface area contributed by atoms with Crippen molar-refractivity contribution in [3.8, 4) is 0 Å². The number of piperazine rings is 1. The summed E-state index contributed by atoms with van der Waals surface area (Å²) in [7, 11) is 0. The van der Waals surface area contributed by atoms with Gasteiger partial charge in [0.25, 0.3) is 0 Å². The zero-order chi connectivity index (χ0) is 18.6. The van der Waals surface area contributed by atoms with Gasteiger partial charge >= 0.3 is 0 Å². The van der Waals surface area contributed by atoms with Crippen molar-refractivity contribution in [2.24, 2.45) is 11.7 Å². The molecule has 0 bridgehead atoms. The average molecular weight is 387 g/mol. The SMILES string of the molecule is NC(C(=O)N1C=CSC1)C1CCC(N2CCN(c3ccccc3)CC2)CC1. The number of hydrogen-bond donors (Lipinski definition) is 1. The van der Waals surface area contributed by atoms with E-state index in [9.17, 15) is 4.79 Å². The van der Waals surface area contributed by atoms with Gasteiger partial charge < -0.3 is 15.5 Å². The normalized spacial score (nSPS) is 27.7. The number of thioether (sulfide) groups is 1. The summed E-state index contributed by atoms with van der Waals surface area (Å²) in [5, 5.41) is 1.97. The van der Waals surface area contributed by atoms with Crippen LogP contribution in [0.3, 0.4) is 0 Å². The Morgan fingerprint density at radius 2 is 1.74 bits per heavy atom. The van der Waals surface area contributed by atoms with E-state index in [1.54, 1.807) is 16.7 Å². The van der Waals surface area contributed by atoms with Gasteiger partial charge in [0.1, 0.15) is 0 Å². The minimum atomic E-state index is -0.343. The first-order valence-electron chi connectivity index (χ1n) is 10.1. The second kappa shape index (κ2) is 8.67. The number of nitrogens with zero attached hydrogens (tertiary/aromatic N) is 3. The Hall–Kier alpha value is -1.50. The van der Waals surface area contributed by atoms with Crippen LogP contribution >= 0.6 is 11.8 Å². The summed E-state index contributed by atoms with van der Waals surface area (Å²) >= 11 is 1.65. The molecule has 3 aliphatic rings. The minimum absolute atomic E-state index is 0.0937. The van der Waals surface area contributed by atoms with Crippen molar-refractivity contribution < 1.29 is 4.79 Å². The van der Waals surface area contributed by atoms with E-state index in [2.05, 4.69) is 40.1 Å². The lowest BCUT2D eigenvalue weighted by molar-refractivity contribution is -0.130. The number of amides is 1. The molecule has 1 saturated heterocycles. The van der Waals surface area contributed by atoms with Gasteiger partial charge in [-0.1, -0.05) is 18.2 Å². The van der Waals surface area contributed by atoms with Crippen LogP contribution in [-0.4, -0.2) is 59.8 Å². The lowest BCUT2D eigenvalue weighted by Crippen LogP contribution is -2.52. The molecule has 2 N–H and O–H groups in total. The van der Waals surface area contributed by atoms with Gasteiger partial charge in [-0.3, -0.25) is 9.69 Å². The topological polar surface area (TPSA) is 52.8 Å². The zero-order valence-corrected chi connectivity index (χ0v) is 16.7. The lowest BCUT2D eigenvalue weighted by Gasteiger charge is -2.43. The molecule has 5 nitrogen and oxygen atoms in total. The molecule has 2 fully saturated rings. The van der Waals surface area contributed by atoms with Crippen LogP contribution in [0.5, 0.6) is 0 Å². The van der Waals surface area contributed by atoms with Gasteiger partial charge in [-0.2, -0.15) is 0 Å². The first-order valence-corrected chi connectivity index (χ1v) is 11.2. The van der Waals surface area contributed by atoms with Crippen molar-refractivity contribution in [3.05, 3.63) is 41.9 Å². The fourth-order valence-corrected chi connectivity index (χ4v) is 5.32. The first-order chi connectivity index (χ1) is 13.2. The maximum absolute atomic E-state index is 12.5. The second-order valence-electron chi connectivity index (χ2n) is 7.84. The standard InChI is InChI=1S/C21H30N4OS/c22-20(21(26)25-14-15-27-16-25)17-6-8-19(9-7-17)24-12-10-23(11-13-24)18-4-2-1-3-5-18/h1-5,14-15,17,19-20H,6-13,16,22H2. The third kappa shape index (κ3) is 4.33. The van der Waals surface area contributed by atoms with Gasteiger partial charge in [0, 0.05) is 44.1 Å². The number of hydrogen-bond acceptors (Lipinski definition) is 5. The van der Waals surface area contributed by atoms with Crippen LogP contribution in [0.1, 0.15) is 25.7 Å². The highest BCUT2D eigenvalue weighted by Crippen LogP contribution is 2.31. The molecule has 27 heavy (non-hydrogen) atoms. The van der Waals surface area contributed by atoms with Crippen LogP contribution < -0.4 is 10.6 Å². The second-order valence-corrected chi connectivity index (χ2v) is 8.71. The average Bonchev–Trinajstić information content (AvgIpc) is 3.28. The summed E-state index contributed by atoms with van der Waals surface area (Å²) in [4.78, 5) is 19.4. The molecule has 0 radical (unpaired) electrons. The number of nitrogens with two attached hydrogens (primary N) is 1. The Kier molecular flexibility index (Phi) is 6.05. The molecular formula is C21H30N4OS. The van der Waals surface area contributed by atoms with Gasteiger partial charge in [-0.25, -0.2) is 0 Å². The monoisotopic (exact) mass is 386 g/mol. The molecule has 0 spiro atoms. The van der Waals surface area contributed by atoms with Crippen molar-refractivity contribution in [1.82, 2.24) is 9.80 Å². The van der Waals surface area contributed by atoms with E-state index >= 15 is 0 Å². The molecule has 1 aromatic carbocycles. The maximum Gasteiger partial charge on any atom is 0.244 e. The van der Waals surface area contributed by atoms with Crippen molar-refractivity contribution in [2.45, 2.75) is 37.8 Å². The summed E-state index contributed by atoms with van der Waals surface area (Å²) in [5.41, 5.74) is 7.66. The molecule has 1 aliphatic carbocycles. The van der Waals surface area contributed by atoms with Crippen LogP contribution in [0.4, 0.5) is 5.69 Å². The fourth-order valence-electron chi connectivity index (χ4n) is 4.62. The highest BCUT2D eigenvalue weighted by molar-refractivity contribution is 8.02. The Morgan fingerprint density at radius 3 is 2.37 bits per heavy atom. The van der Waals surface area contributed by atoms with Crippen LogP contribution in [0.25, 0.3) is 0 Å². The van der Waals surface area contributed by atoms with Crippen LogP contribution in [0.2, 0.25) is 0 Å². The molecule has 146 valence electrons. The van der Waals surface area contributed by atoms with E-state index < -0.39 is 0 Å². The number of benzene rings is 1. The minimum Gasteiger partial charge on any atom is -0.369 e. The molecule has 1 unspecified atom stereocenters. The number of rotatable bonds is 4. The Bertz CT molecular complexity index is 651. The molecule has 1 saturated carbocycles. The number of anilines is 1. The van der Waals surface area contributed by atoms with E-state index in [4.69, 9.17) is 5.73 Å². The quantitative estimate of drug-likeness (QED) is 0.862. The predicted molar refractivity (Wildman–Crippen MR) is 112 cm³/mol. The van der Waals surface area contributed by atoms with Crippen molar-refractivity contribution >= 4 is 23.4 Å². The molecule has 6 heteroatoms. The van der Waals surface area contributed by atoms with E-state index in [1.807, 2.05) is 11.6 Å². The Balaban J connectivity index is 1.24. The zero-order valence-electron chi connectivity index (χ0n) is 15.9. The van der Waals surface area contributed by atoms with E-state index in [-0.39, 0.29) is 11.9 Å². The maximum atomic E-state index is 12.5. The molecule has 2 aliphatic heterocycles. The summed E-state index contributed by atoms with van der Waals surface area (Å²) in [6, 6.07) is 11.0. The third-order valence-electron chi connectivity index (χ3n) is 6.32. The number of carbonyl (C=O) groups excluding carboxylic acids is 1. The van der Waals surface area contributed by atoms with Crippen LogP contribution in [0, 0.1) is 5.92 Å². The van der Waals surface area contributed by atoms with Crippen LogP contribution in [0.15, 0.2) is 41.9 Å². The molecule has 1 aromatic rings. The van der Waals surface area contributed by atoms with Crippen molar-refractivity contribution in [2.75, 3.05) is 37.0 Å². The fraction of sp³-hybridized carbons (Fsp3) is 0.571. The summed E-state index contributed by atoms with van der Waals surface area (Å²) in [5.74, 6) is 1.14. The van der Waals surface area contributed by atoms with Gasteiger partial charge in [0.05, 0.1) is 11.9 Å². The molecule has 0 aromatic heterocycles. The van der Waals surface area contributed by atoms with Crippen molar-refractivity contribution in [3.63, 3.8) is 0 Å². The Morgan fingerprint density at radius 1 is 1.04 bits per heavy atom. The number of carbonyl (C=O) groups is 1. The van der Waals surface area contributed by atoms with Gasteiger partial charge in [-0.05, 0) is 49.1 Å². The summed E-state index contributed by atoms with van der Waals surface area (Å²) < 4.78 is 0.